The lowest BCUT2D eigenvalue weighted by atomic mass is 10.1. The van der Waals surface area contributed by atoms with E-state index in [2.05, 4.69) is 10.2 Å². The number of aromatic nitrogens is 2. The van der Waals surface area contributed by atoms with Gasteiger partial charge in [0.05, 0.1) is 31.4 Å². The molecule has 0 aliphatic carbocycles. The van der Waals surface area contributed by atoms with E-state index >= 15 is 0 Å². The average Bonchev–Trinajstić information content (AvgIpc) is 2.98. The second-order valence-corrected chi connectivity index (χ2v) is 5.96. The van der Waals surface area contributed by atoms with Crippen molar-refractivity contribution in [1.29, 1.82) is 0 Å². The molecule has 0 saturated carbocycles. The minimum absolute atomic E-state index is 0.0167. The summed E-state index contributed by atoms with van der Waals surface area (Å²) >= 11 is 0. The SMILES string of the molecule is CN(C1COCC1C(=O)O)S(=O)(=O)c1ccn[nH]1. The molecule has 1 fully saturated rings. The van der Waals surface area contributed by atoms with Crippen LogP contribution in [0, 0.1) is 5.92 Å². The van der Waals surface area contributed by atoms with Crippen molar-refractivity contribution in [2.45, 2.75) is 11.1 Å². The first-order chi connectivity index (χ1) is 8.44. The second kappa shape index (κ2) is 4.67. The lowest BCUT2D eigenvalue weighted by Crippen LogP contribution is -2.44. The average molecular weight is 275 g/mol. The first kappa shape index (κ1) is 13.0. The van der Waals surface area contributed by atoms with E-state index in [9.17, 15) is 13.2 Å². The summed E-state index contributed by atoms with van der Waals surface area (Å²) in [4.78, 5) is 11.0. The Morgan fingerprint density at radius 2 is 2.33 bits per heavy atom. The van der Waals surface area contributed by atoms with Crippen LogP contribution in [0.1, 0.15) is 0 Å². The minimum atomic E-state index is -3.77. The monoisotopic (exact) mass is 275 g/mol. The van der Waals surface area contributed by atoms with E-state index in [1.807, 2.05) is 0 Å². The van der Waals surface area contributed by atoms with Crippen molar-refractivity contribution in [3.05, 3.63) is 12.3 Å². The maximum Gasteiger partial charge on any atom is 0.310 e. The Kier molecular flexibility index (Phi) is 3.37. The van der Waals surface area contributed by atoms with Crippen LogP contribution in [0.4, 0.5) is 0 Å². The number of rotatable bonds is 4. The number of hydrogen-bond donors (Lipinski definition) is 2. The standard InChI is InChI=1S/C9H13N3O5S/c1-12(7-5-17-4-6(7)9(13)14)18(15,16)8-2-3-10-11-8/h2-3,6-7H,4-5H2,1H3,(H,10,11)(H,13,14). The van der Waals surface area contributed by atoms with E-state index in [1.54, 1.807) is 0 Å². The van der Waals surface area contributed by atoms with Crippen LogP contribution >= 0.6 is 0 Å². The molecule has 2 unspecified atom stereocenters. The van der Waals surface area contributed by atoms with Crippen LogP contribution < -0.4 is 0 Å². The number of carbonyl (C=O) groups is 1. The first-order valence-electron chi connectivity index (χ1n) is 5.22. The van der Waals surface area contributed by atoms with Crippen molar-refractivity contribution >= 4 is 16.0 Å². The van der Waals surface area contributed by atoms with Gasteiger partial charge in [0, 0.05) is 7.05 Å². The van der Waals surface area contributed by atoms with Gasteiger partial charge in [0.25, 0.3) is 10.0 Å². The molecule has 1 aromatic heterocycles. The molecule has 0 amide bonds. The van der Waals surface area contributed by atoms with Gasteiger partial charge in [-0.15, -0.1) is 0 Å². The van der Waals surface area contributed by atoms with Gasteiger partial charge < -0.3 is 9.84 Å². The molecule has 1 aromatic rings. The van der Waals surface area contributed by atoms with Gasteiger partial charge in [-0.1, -0.05) is 0 Å². The third kappa shape index (κ3) is 2.11. The Labute approximate surface area is 104 Å². The number of carboxylic acid groups (broad SMARTS) is 1. The summed E-state index contributed by atoms with van der Waals surface area (Å²) < 4.78 is 30.4. The summed E-state index contributed by atoms with van der Waals surface area (Å²) in [6.07, 6.45) is 1.32. The molecular weight excluding hydrogens is 262 g/mol. The lowest BCUT2D eigenvalue weighted by molar-refractivity contribution is -0.142. The van der Waals surface area contributed by atoms with E-state index in [1.165, 1.54) is 19.3 Å². The maximum absolute atomic E-state index is 12.2. The molecule has 0 radical (unpaired) electrons. The maximum atomic E-state index is 12.2. The molecule has 2 heterocycles. The molecule has 1 aliphatic rings. The Morgan fingerprint density at radius 3 is 2.89 bits per heavy atom. The predicted molar refractivity (Wildman–Crippen MR) is 59.3 cm³/mol. The van der Waals surface area contributed by atoms with Gasteiger partial charge in [0.1, 0.15) is 0 Å². The fourth-order valence-corrected chi connectivity index (χ4v) is 3.13. The van der Waals surface area contributed by atoms with Gasteiger partial charge in [-0.25, -0.2) is 8.42 Å². The Morgan fingerprint density at radius 1 is 1.61 bits per heavy atom. The lowest BCUT2D eigenvalue weighted by Gasteiger charge is -2.24. The van der Waals surface area contributed by atoms with Gasteiger partial charge in [-0.05, 0) is 6.07 Å². The minimum Gasteiger partial charge on any atom is -0.481 e. The number of ether oxygens (including phenoxy) is 1. The van der Waals surface area contributed by atoms with Gasteiger partial charge in [-0.2, -0.15) is 9.40 Å². The molecule has 1 saturated heterocycles. The summed E-state index contributed by atoms with van der Waals surface area (Å²) in [5.41, 5.74) is 0. The van der Waals surface area contributed by atoms with E-state index in [4.69, 9.17) is 9.84 Å². The van der Waals surface area contributed by atoms with E-state index in [0.29, 0.717) is 0 Å². The van der Waals surface area contributed by atoms with Crippen LogP contribution in [0.3, 0.4) is 0 Å². The number of aliphatic carboxylic acids is 1. The number of nitrogens with zero attached hydrogens (tertiary/aromatic N) is 2. The molecule has 2 N–H and O–H groups in total. The Bertz CT molecular complexity index is 526. The quantitative estimate of drug-likeness (QED) is 0.738. The van der Waals surface area contributed by atoms with Gasteiger partial charge in [0.2, 0.25) is 0 Å². The molecule has 9 heteroatoms. The zero-order valence-electron chi connectivity index (χ0n) is 9.61. The van der Waals surface area contributed by atoms with Crippen molar-refractivity contribution in [1.82, 2.24) is 14.5 Å². The van der Waals surface area contributed by atoms with Gasteiger partial charge in [-0.3, -0.25) is 9.89 Å². The Balaban J connectivity index is 2.26. The van der Waals surface area contributed by atoms with Crippen molar-refractivity contribution < 1.29 is 23.1 Å². The Hall–Kier alpha value is -1.45. The third-order valence-electron chi connectivity index (χ3n) is 2.97. The second-order valence-electron chi connectivity index (χ2n) is 3.99. The summed E-state index contributed by atoms with van der Waals surface area (Å²) in [7, 11) is -2.43. The normalized spacial score (nSPS) is 24.6. The highest BCUT2D eigenvalue weighted by Crippen LogP contribution is 2.23. The summed E-state index contributed by atoms with van der Waals surface area (Å²) in [5.74, 6) is -1.92. The molecule has 1 aliphatic heterocycles. The number of likely N-dealkylation sites (N-methyl/N-ethyl adjacent to an activating group) is 1. The fourth-order valence-electron chi connectivity index (χ4n) is 1.86. The molecular formula is C9H13N3O5S. The molecule has 8 nitrogen and oxygen atoms in total. The summed E-state index contributed by atoms with van der Waals surface area (Å²) in [5, 5.41) is 14.9. The first-order valence-corrected chi connectivity index (χ1v) is 6.66. The van der Waals surface area contributed by atoms with E-state index < -0.39 is 28.0 Å². The molecule has 0 bridgehead atoms. The zero-order valence-corrected chi connectivity index (χ0v) is 10.4. The van der Waals surface area contributed by atoms with Crippen LogP contribution in [0.25, 0.3) is 0 Å². The van der Waals surface area contributed by atoms with Gasteiger partial charge in [0.15, 0.2) is 5.03 Å². The third-order valence-corrected chi connectivity index (χ3v) is 4.78. The summed E-state index contributed by atoms with van der Waals surface area (Å²) in [6, 6.07) is 0.605. The molecule has 0 spiro atoms. The molecule has 100 valence electrons. The van der Waals surface area contributed by atoms with Crippen LogP contribution in [-0.2, 0) is 19.6 Å². The smallest absolute Gasteiger partial charge is 0.310 e. The largest absolute Gasteiger partial charge is 0.481 e. The summed E-state index contributed by atoms with van der Waals surface area (Å²) in [6.45, 7) is 0.0870. The van der Waals surface area contributed by atoms with Crippen molar-refractivity contribution in [3.8, 4) is 0 Å². The van der Waals surface area contributed by atoms with Crippen molar-refractivity contribution in [2.75, 3.05) is 20.3 Å². The van der Waals surface area contributed by atoms with Crippen LogP contribution in [0.15, 0.2) is 17.3 Å². The highest BCUT2D eigenvalue weighted by Gasteiger charge is 2.41. The van der Waals surface area contributed by atoms with Crippen LogP contribution in [0.2, 0.25) is 0 Å². The number of aromatic amines is 1. The highest BCUT2D eigenvalue weighted by atomic mass is 32.2. The molecule has 18 heavy (non-hydrogen) atoms. The molecule has 2 rings (SSSR count). The zero-order chi connectivity index (χ0) is 13.3. The number of sulfonamides is 1. The number of hydrogen-bond acceptors (Lipinski definition) is 5. The highest BCUT2D eigenvalue weighted by molar-refractivity contribution is 7.89. The van der Waals surface area contributed by atoms with Gasteiger partial charge >= 0.3 is 5.97 Å². The van der Waals surface area contributed by atoms with Crippen molar-refractivity contribution in [3.63, 3.8) is 0 Å². The van der Waals surface area contributed by atoms with Crippen LogP contribution in [-0.4, -0.2) is 60.3 Å². The molecule has 2 atom stereocenters. The van der Waals surface area contributed by atoms with E-state index in [0.717, 1.165) is 4.31 Å². The van der Waals surface area contributed by atoms with Crippen molar-refractivity contribution in [2.24, 2.45) is 5.92 Å². The number of nitrogens with one attached hydrogen (secondary N) is 1. The number of carboxylic acids is 1. The topological polar surface area (TPSA) is 113 Å². The molecule has 0 aromatic carbocycles. The van der Waals surface area contributed by atoms with Crippen LogP contribution in [0.5, 0.6) is 0 Å². The fraction of sp³-hybridized carbons (Fsp3) is 0.556. The van der Waals surface area contributed by atoms with E-state index in [-0.39, 0.29) is 18.2 Å². The number of H-pyrrole nitrogens is 1. The predicted octanol–water partition coefficient (Wildman–Crippen LogP) is -0.870.